The normalized spacial score (nSPS) is 21.4. The van der Waals surface area contributed by atoms with E-state index in [4.69, 9.17) is 15.5 Å². The second-order valence-electron chi connectivity index (χ2n) is 10.6. The van der Waals surface area contributed by atoms with Gasteiger partial charge in [-0.25, -0.2) is 24.0 Å². The highest BCUT2D eigenvalue weighted by Crippen LogP contribution is 2.48. The van der Waals surface area contributed by atoms with E-state index in [1.165, 1.54) is 16.8 Å². The van der Waals surface area contributed by atoms with E-state index in [-0.39, 0.29) is 29.7 Å². The molecule has 3 unspecified atom stereocenters. The van der Waals surface area contributed by atoms with Crippen LogP contribution in [0.25, 0.3) is 17.2 Å². The van der Waals surface area contributed by atoms with Crippen LogP contribution >= 0.6 is 0 Å². The lowest BCUT2D eigenvalue weighted by molar-refractivity contribution is 0.0751. The first-order valence-electron chi connectivity index (χ1n) is 13.1. The molecule has 3 aromatic heterocycles. The van der Waals surface area contributed by atoms with Gasteiger partial charge < -0.3 is 15.4 Å². The number of hydrogen-bond acceptors (Lipinski definition) is 7. The number of aromatic nitrogens is 5. The van der Waals surface area contributed by atoms with Crippen molar-refractivity contribution < 1.29 is 13.9 Å². The second kappa shape index (κ2) is 9.53. The fourth-order valence-corrected chi connectivity index (χ4v) is 5.17. The molecule has 1 saturated heterocycles. The number of amides is 1. The molecule has 39 heavy (non-hydrogen) atoms. The summed E-state index contributed by atoms with van der Waals surface area (Å²) in [6, 6.07) is 11.8. The highest BCUT2D eigenvalue weighted by molar-refractivity contribution is 5.95. The van der Waals surface area contributed by atoms with E-state index in [0.29, 0.717) is 41.9 Å². The number of likely N-dealkylation sites (tertiary alicyclic amines) is 1. The van der Waals surface area contributed by atoms with Crippen molar-refractivity contribution in [3.63, 3.8) is 0 Å². The number of fused-ring (bicyclic) bond motifs is 1. The van der Waals surface area contributed by atoms with E-state index in [1.54, 1.807) is 36.8 Å². The maximum Gasteiger partial charge on any atom is 0.257 e. The molecule has 0 spiro atoms. The minimum absolute atomic E-state index is 0.0231. The van der Waals surface area contributed by atoms with Gasteiger partial charge in [-0.15, -0.1) is 0 Å². The minimum Gasteiger partial charge on any atom is -0.474 e. The van der Waals surface area contributed by atoms with Crippen molar-refractivity contribution in [3.05, 3.63) is 83.7 Å². The summed E-state index contributed by atoms with van der Waals surface area (Å²) in [7, 11) is 0. The predicted molar refractivity (Wildman–Crippen MR) is 143 cm³/mol. The number of aryl methyl sites for hydroxylation is 1. The Labute approximate surface area is 225 Å². The zero-order valence-corrected chi connectivity index (χ0v) is 22.1. The first kappa shape index (κ1) is 25.1. The third-order valence-corrected chi connectivity index (χ3v) is 7.88. The average molecular weight is 528 g/mol. The summed E-state index contributed by atoms with van der Waals surface area (Å²) in [5.41, 5.74) is 9.57. The van der Waals surface area contributed by atoms with Crippen molar-refractivity contribution in [2.75, 3.05) is 13.1 Å². The van der Waals surface area contributed by atoms with Crippen molar-refractivity contribution in [2.24, 2.45) is 17.6 Å². The van der Waals surface area contributed by atoms with Crippen LogP contribution in [0.3, 0.4) is 0 Å². The Hall–Kier alpha value is -4.18. The fraction of sp³-hybridized carbons (Fsp3) is 0.345. The molecule has 200 valence electrons. The van der Waals surface area contributed by atoms with Crippen LogP contribution in [0.15, 0.2) is 61.1 Å². The molecule has 1 aliphatic carbocycles. The number of pyridine rings is 1. The minimum atomic E-state index is -0.564. The topological polar surface area (TPSA) is 112 Å². The van der Waals surface area contributed by atoms with Crippen LogP contribution < -0.4 is 10.5 Å². The predicted octanol–water partition coefficient (Wildman–Crippen LogP) is 3.91. The van der Waals surface area contributed by atoms with Gasteiger partial charge in [-0.05, 0) is 62.2 Å². The number of nitrogens with two attached hydrogens (primary N) is 1. The SMILES string of the molecule is CCC(C)(N)c1cc(OC2C3CN(C(=O)c4cn(-c5ncccn5)nc4C)C[C@H]32)nc(-c2ccc(F)cc2)c1. The molecule has 4 atom stereocenters. The summed E-state index contributed by atoms with van der Waals surface area (Å²) in [4.78, 5) is 28.3. The molecule has 6 rings (SSSR count). The molecule has 10 heteroatoms. The van der Waals surface area contributed by atoms with Gasteiger partial charge >= 0.3 is 0 Å². The molecule has 0 bridgehead atoms. The number of ether oxygens (including phenoxy) is 1. The number of hydrogen-bond donors (Lipinski definition) is 1. The van der Waals surface area contributed by atoms with E-state index < -0.39 is 5.54 Å². The Morgan fingerprint density at radius 1 is 1.15 bits per heavy atom. The van der Waals surface area contributed by atoms with Crippen LogP contribution in [-0.2, 0) is 5.54 Å². The quantitative estimate of drug-likeness (QED) is 0.388. The monoisotopic (exact) mass is 527 g/mol. The third kappa shape index (κ3) is 4.76. The summed E-state index contributed by atoms with van der Waals surface area (Å²) < 4.78 is 21.4. The molecule has 1 aromatic carbocycles. The van der Waals surface area contributed by atoms with E-state index in [2.05, 4.69) is 15.1 Å². The molecule has 4 heterocycles. The van der Waals surface area contributed by atoms with Gasteiger partial charge in [0.05, 0.1) is 17.0 Å². The van der Waals surface area contributed by atoms with Gasteiger partial charge in [-0.3, -0.25) is 4.79 Å². The molecule has 9 nitrogen and oxygen atoms in total. The maximum atomic E-state index is 13.5. The van der Waals surface area contributed by atoms with Crippen molar-refractivity contribution in [1.82, 2.24) is 29.6 Å². The number of halogens is 1. The van der Waals surface area contributed by atoms with E-state index in [0.717, 1.165) is 17.5 Å². The van der Waals surface area contributed by atoms with Gasteiger partial charge in [0.15, 0.2) is 0 Å². The standard InChI is InChI=1S/C29H30FN7O2/c1-4-29(3,31)19-12-24(18-6-8-20(30)9-7-18)34-25(13-19)39-26-22-14-36(15-23(22)26)27(38)21-16-37(35-17(21)2)28-32-10-5-11-33-28/h5-13,16,22-23,26H,4,14-15,31H2,1-3H3/t22-,23?,26?,29?/m1/s1. The van der Waals surface area contributed by atoms with Gasteiger partial charge in [0.25, 0.3) is 5.91 Å². The molecule has 2 N–H and O–H groups in total. The number of carbonyl (C=O) groups excluding carboxylic acids is 1. The van der Waals surface area contributed by atoms with Gasteiger partial charge in [0.1, 0.15) is 11.9 Å². The largest absolute Gasteiger partial charge is 0.474 e. The Balaban J connectivity index is 1.17. The number of carbonyl (C=O) groups is 1. The van der Waals surface area contributed by atoms with Crippen LogP contribution in [-0.4, -0.2) is 54.7 Å². The van der Waals surface area contributed by atoms with Gasteiger partial charge in [-0.2, -0.15) is 5.10 Å². The summed E-state index contributed by atoms with van der Waals surface area (Å²) in [6.45, 7) is 7.04. The first-order valence-corrected chi connectivity index (χ1v) is 13.1. The fourth-order valence-electron chi connectivity index (χ4n) is 5.17. The molecule has 2 aliphatic rings. The summed E-state index contributed by atoms with van der Waals surface area (Å²) in [5, 5.41) is 4.43. The van der Waals surface area contributed by atoms with Crippen LogP contribution in [0.5, 0.6) is 5.88 Å². The first-order chi connectivity index (χ1) is 18.7. The zero-order valence-electron chi connectivity index (χ0n) is 22.1. The summed E-state index contributed by atoms with van der Waals surface area (Å²) in [6.07, 6.45) is 5.67. The lowest BCUT2D eigenvalue weighted by atomic mass is 9.90. The van der Waals surface area contributed by atoms with Gasteiger partial charge in [0, 0.05) is 60.7 Å². The van der Waals surface area contributed by atoms with Crippen molar-refractivity contribution in [3.8, 4) is 23.1 Å². The Kier molecular flexibility index (Phi) is 6.14. The van der Waals surface area contributed by atoms with Gasteiger partial charge in [0.2, 0.25) is 11.8 Å². The van der Waals surface area contributed by atoms with E-state index in [9.17, 15) is 9.18 Å². The Bertz CT molecular complexity index is 1510. The number of benzene rings is 1. The summed E-state index contributed by atoms with van der Waals surface area (Å²) in [5.74, 6) is 1.03. The van der Waals surface area contributed by atoms with Crippen molar-refractivity contribution >= 4 is 5.91 Å². The molecular weight excluding hydrogens is 497 g/mol. The Morgan fingerprint density at radius 3 is 2.51 bits per heavy atom. The summed E-state index contributed by atoms with van der Waals surface area (Å²) >= 11 is 0. The molecule has 1 amide bonds. The smallest absolute Gasteiger partial charge is 0.257 e. The third-order valence-electron chi connectivity index (χ3n) is 7.88. The highest BCUT2D eigenvalue weighted by atomic mass is 19.1. The molecular formula is C29H30FN7O2. The molecule has 0 radical (unpaired) electrons. The van der Waals surface area contributed by atoms with Crippen molar-refractivity contribution in [2.45, 2.75) is 38.8 Å². The number of nitrogens with zero attached hydrogens (tertiary/aromatic N) is 6. The lowest BCUT2D eigenvalue weighted by Crippen LogP contribution is -2.34. The molecule has 1 aliphatic heterocycles. The van der Waals surface area contributed by atoms with Crippen LogP contribution in [0.4, 0.5) is 4.39 Å². The molecule has 2 fully saturated rings. The van der Waals surface area contributed by atoms with Gasteiger partial charge in [-0.1, -0.05) is 6.92 Å². The van der Waals surface area contributed by atoms with Crippen LogP contribution in [0.2, 0.25) is 0 Å². The highest BCUT2D eigenvalue weighted by Gasteiger charge is 2.59. The number of piperidine rings is 1. The zero-order chi connectivity index (χ0) is 27.3. The maximum absolute atomic E-state index is 13.5. The molecule has 1 saturated carbocycles. The second-order valence-corrected chi connectivity index (χ2v) is 10.6. The molecule has 4 aromatic rings. The Morgan fingerprint density at radius 2 is 1.85 bits per heavy atom. The van der Waals surface area contributed by atoms with Crippen LogP contribution in [0.1, 0.15) is 41.9 Å². The lowest BCUT2D eigenvalue weighted by Gasteiger charge is -2.25. The van der Waals surface area contributed by atoms with E-state index in [1.807, 2.05) is 37.8 Å². The average Bonchev–Trinajstić information content (AvgIpc) is 3.25. The van der Waals surface area contributed by atoms with Crippen LogP contribution in [0, 0.1) is 24.6 Å². The van der Waals surface area contributed by atoms with Crippen molar-refractivity contribution in [1.29, 1.82) is 0 Å². The number of rotatable bonds is 7. The van der Waals surface area contributed by atoms with E-state index >= 15 is 0 Å².